The highest BCUT2D eigenvalue weighted by Crippen LogP contribution is 2.32. The van der Waals surface area contributed by atoms with Gasteiger partial charge in [-0.3, -0.25) is 4.79 Å². The normalized spacial score (nSPS) is 11.1. The zero-order valence-electron chi connectivity index (χ0n) is 23.5. The van der Waals surface area contributed by atoms with E-state index in [1.54, 1.807) is 6.07 Å². The molecule has 0 amide bonds. The summed E-state index contributed by atoms with van der Waals surface area (Å²) < 4.78 is 14.6. The maximum Gasteiger partial charge on any atom is 0.205 e. The Morgan fingerprint density at radius 1 is 0.878 bits per heavy atom. The SMILES string of the molecule is Cc1ccc(CC(=O)Cc2cc(-c3cc(F)ccc3-c3nn[nH]n3)nc(N(Cc3ccccc3)CC(C)C)c2)cc1. The first kappa shape index (κ1) is 27.8. The summed E-state index contributed by atoms with van der Waals surface area (Å²) in [4.78, 5) is 20.5. The molecule has 2 aromatic heterocycles. The molecule has 0 fully saturated rings. The van der Waals surface area contributed by atoms with Crippen LogP contribution in [-0.4, -0.2) is 37.9 Å². The number of carbonyl (C=O) groups excluding carboxylic acids is 1. The smallest absolute Gasteiger partial charge is 0.205 e. The summed E-state index contributed by atoms with van der Waals surface area (Å²) in [6.45, 7) is 7.75. The van der Waals surface area contributed by atoms with Crippen LogP contribution in [0.15, 0.2) is 84.9 Å². The van der Waals surface area contributed by atoms with E-state index in [0.717, 1.165) is 34.6 Å². The lowest BCUT2D eigenvalue weighted by molar-refractivity contribution is -0.117. The van der Waals surface area contributed by atoms with Crippen LogP contribution in [0.25, 0.3) is 22.6 Å². The molecule has 5 aromatic rings. The van der Waals surface area contributed by atoms with Gasteiger partial charge < -0.3 is 4.90 Å². The molecule has 0 aliphatic heterocycles. The molecule has 2 heterocycles. The molecule has 5 rings (SSSR count). The Kier molecular flexibility index (Phi) is 8.58. The van der Waals surface area contributed by atoms with Crippen molar-refractivity contribution < 1.29 is 9.18 Å². The Labute approximate surface area is 239 Å². The lowest BCUT2D eigenvalue weighted by Crippen LogP contribution is -2.28. The van der Waals surface area contributed by atoms with E-state index in [-0.39, 0.29) is 12.2 Å². The van der Waals surface area contributed by atoms with Crippen LogP contribution in [0.1, 0.15) is 36.1 Å². The minimum Gasteiger partial charge on any atom is -0.352 e. The lowest BCUT2D eigenvalue weighted by atomic mass is 9.98. The topological polar surface area (TPSA) is 87.7 Å². The van der Waals surface area contributed by atoms with Gasteiger partial charge in [-0.2, -0.15) is 5.21 Å². The molecule has 8 heteroatoms. The van der Waals surface area contributed by atoms with Crippen molar-refractivity contribution in [2.24, 2.45) is 5.92 Å². The third-order valence-electron chi connectivity index (χ3n) is 6.76. The summed E-state index contributed by atoms with van der Waals surface area (Å²) in [5.41, 5.74) is 5.76. The maximum atomic E-state index is 14.6. The minimum atomic E-state index is -0.403. The first-order valence-corrected chi connectivity index (χ1v) is 13.7. The van der Waals surface area contributed by atoms with E-state index in [2.05, 4.69) is 51.5 Å². The number of benzene rings is 3. The third kappa shape index (κ3) is 7.28. The molecule has 0 saturated carbocycles. The van der Waals surface area contributed by atoms with Crippen LogP contribution in [0.2, 0.25) is 0 Å². The van der Waals surface area contributed by atoms with Gasteiger partial charge in [0.15, 0.2) is 0 Å². The molecule has 3 aromatic carbocycles. The summed E-state index contributed by atoms with van der Waals surface area (Å²) in [5.74, 6) is 1.11. The molecule has 0 atom stereocenters. The molecular formula is C33H33FN6O. The quantitative estimate of drug-likeness (QED) is 0.206. The second-order valence-corrected chi connectivity index (χ2v) is 10.8. The van der Waals surface area contributed by atoms with Crippen LogP contribution in [0.3, 0.4) is 0 Å². The first-order valence-electron chi connectivity index (χ1n) is 13.7. The Balaban J connectivity index is 1.57. The van der Waals surface area contributed by atoms with E-state index >= 15 is 0 Å². The molecule has 0 bridgehead atoms. The molecule has 0 saturated heterocycles. The van der Waals surface area contributed by atoms with E-state index in [1.807, 2.05) is 61.5 Å². The van der Waals surface area contributed by atoms with E-state index in [9.17, 15) is 9.18 Å². The lowest BCUT2D eigenvalue weighted by Gasteiger charge is -2.27. The molecule has 0 aliphatic carbocycles. The van der Waals surface area contributed by atoms with Crippen LogP contribution in [0, 0.1) is 18.7 Å². The number of nitrogens with zero attached hydrogens (tertiary/aromatic N) is 5. The fourth-order valence-electron chi connectivity index (χ4n) is 4.88. The van der Waals surface area contributed by atoms with Gasteiger partial charge in [-0.05, 0) is 65.1 Å². The van der Waals surface area contributed by atoms with Crippen molar-refractivity contribution in [3.8, 4) is 22.6 Å². The van der Waals surface area contributed by atoms with Crippen molar-refractivity contribution in [3.63, 3.8) is 0 Å². The van der Waals surface area contributed by atoms with Crippen molar-refractivity contribution in [2.45, 2.75) is 40.2 Å². The maximum absolute atomic E-state index is 14.6. The zero-order chi connectivity index (χ0) is 28.8. The number of H-pyrrole nitrogens is 1. The Morgan fingerprint density at radius 2 is 1.63 bits per heavy atom. The van der Waals surface area contributed by atoms with Gasteiger partial charge in [0.1, 0.15) is 17.4 Å². The van der Waals surface area contributed by atoms with Gasteiger partial charge >= 0.3 is 0 Å². The van der Waals surface area contributed by atoms with Gasteiger partial charge in [-0.1, -0.05) is 74.0 Å². The van der Waals surface area contributed by atoms with Gasteiger partial charge in [0.25, 0.3) is 0 Å². The van der Waals surface area contributed by atoms with Gasteiger partial charge in [-0.15, -0.1) is 10.2 Å². The molecule has 0 spiro atoms. The number of tetrazole rings is 1. The Bertz CT molecular complexity index is 1600. The highest BCUT2D eigenvalue weighted by molar-refractivity contribution is 5.85. The first-order chi connectivity index (χ1) is 19.8. The van der Waals surface area contributed by atoms with Crippen LogP contribution < -0.4 is 4.90 Å². The second kappa shape index (κ2) is 12.6. The number of aromatic amines is 1. The van der Waals surface area contributed by atoms with Gasteiger partial charge in [0.05, 0.1) is 5.69 Å². The van der Waals surface area contributed by atoms with Gasteiger partial charge in [0, 0.05) is 37.1 Å². The molecule has 0 radical (unpaired) electrons. The Hall–Kier alpha value is -4.72. The van der Waals surface area contributed by atoms with Gasteiger partial charge in [0.2, 0.25) is 5.82 Å². The van der Waals surface area contributed by atoms with Crippen LogP contribution in [0.5, 0.6) is 0 Å². The van der Waals surface area contributed by atoms with Crippen molar-refractivity contribution in [1.82, 2.24) is 25.6 Å². The van der Waals surface area contributed by atoms with Crippen molar-refractivity contribution in [1.29, 1.82) is 0 Å². The standard InChI is InChI=1S/C33H33FN6O/c1-22(2)20-40(21-25-7-5-4-6-8-25)32-18-26(16-28(41)15-24-11-9-23(3)10-12-24)17-31(35-32)30-19-27(34)13-14-29(30)33-36-38-39-37-33/h4-14,17-19,22H,15-16,20-21H2,1-3H3,(H,36,37,38,39). The number of pyridine rings is 1. The van der Waals surface area contributed by atoms with Crippen LogP contribution >= 0.6 is 0 Å². The summed E-state index contributed by atoms with van der Waals surface area (Å²) >= 11 is 0. The highest BCUT2D eigenvalue weighted by Gasteiger charge is 2.19. The monoisotopic (exact) mass is 548 g/mol. The Morgan fingerprint density at radius 3 is 2.34 bits per heavy atom. The number of hydrogen-bond acceptors (Lipinski definition) is 6. The fourth-order valence-corrected chi connectivity index (χ4v) is 4.88. The molecule has 1 N–H and O–H groups in total. The van der Waals surface area contributed by atoms with Crippen molar-refractivity contribution in [2.75, 3.05) is 11.4 Å². The molecule has 0 aliphatic rings. The van der Waals surface area contributed by atoms with E-state index in [0.29, 0.717) is 41.5 Å². The predicted octanol–water partition coefficient (Wildman–Crippen LogP) is 6.39. The number of Topliss-reactive ketones (excluding diaryl/α,β-unsaturated/α-hetero) is 1. The van der Waals surface area contributed by atoms with E-state index in [4.69, 9.17) is 4.98 Å². The zero-order valence-corrected chi connectivity index (χ0v) is 23.5. The average Bonchev–Trinajstić information content (AvgIpc) is 3.49. The van der Waals surface area contributed by atoms with Gasteiger partial charge in [-0.25, -0.2) is 9.37 Å². The average molecular weight is 549 g/mol. The van der Waals surface area contributed by atoms with Crippen molar-refractivity contribution in [3.05, 3.63) is 113 Å². The number of aromatic nitrogens is 5. The van der Waals surface area contributed by atoms with E-state index in [1.165, 1.54) is 12.1 Å². The van der Waals surface area contributed by atoms with Crippen molar-refractivity contribution >= 4 is 11.6 Å². The molecule has 41 heavy (non-hydrogen) atoms. The number of nitrogens with one attached hydrogen (secondary N) is 1. The second-order valence-electron chi connectivity index (χ2n) is 10.8. The number of hydrogen-bond donors (Lipinski definition) is 1. The number of rotatable bonds is 11. The molecular weight excluding hydrogens is 515 g/mol. The summed E-state index contributed by atoms with van der Waals surface area (Å²) in [7, 11) is 0. The summed E-state index contributed by atoms with van der Waals surface area (Å²) in [6.07, 6.45) is 0.561. The van der Waals surface area contributed by atoms with E-state index < -0.39 is 5.82 Å². The molecule has 7 nitrogen and oxygen atoms in total. The number of ketones is 1. The highest BCUT2D eigenvalue weighted by atomic mass is 19.1. The number of anilines is 1. The fraction of sp³-hybridized carbons (Fsp3) is 0.242. The number of halogens is 1. The predicted molar refractivity (Wildman–Crippen MR) is 159 cm³/mol. The number of aryl methyl sites for hydroxylation is 1. The van der Waals surface area contributed by atoms with Crippen LogP contribution in [-0.2, 0) is 24.2 Å². The summed E-state index contributed by atoms with van der Waals surface area (Å²) in [6, 6.07) is 26.5. The molecule has 0 unspecified atom stereocenters. The summed E-state index contributed by atoms with van der Waals surface area (Å²) in [5, 5.41) is 14.4. The largest absolute Gasteiger partial charge is 0.352 e. The third-order valence-corrected chi connectivity index (χ3v) is 6.76. The molecule has 208 valence electrons. The van der Waals surface area contributed by atoms with Crippen LogP contribution in [0.4, 0.5) is 10.2 Å². The number of carbonyl (C=O) groups is 1. The minimum absolute atomic E-state index is 0.0908.